The fourth-order valence-corrected chi connectivity index (χ4v) is 3.49. The lowest BCUT2D eigenvalue weighted by Crippen LogP contribution is -2.37. The predicted molar refractivity (Wildman–Crippen MR) is 118 cm³/mol. The van der Waals surface area contributed by atoms with Gasteiger partial charge in [-0.1, -0.05) is 72.3 Å². The van der Waals surface area contributed by atoms with Gasteiger partial charge < -0.3 is 4.90 Å². The van der Waals surface area contributed by atoms with Crippen LogP contribution in [0.2, 0.25) is 5.02 Å². The molecule has 1 amide bonds. The van der Waals surface area contributed by atoms with E-state index in [-0.39, 0.29) is 11.5 Å². The minimum absolute atomic E-state index is 0.0266. The molecule has 0 radical (unpaired) electrons. The van der Waals surface area contributed by atoms with Gasteiger partial charge in [-0.25, -0.2) is 4.98 Å². The van der Waals surface area contributed by atoms with Crippen molar-refractivity contribution < 1.29 is 4.79 Å². The highest BCUT2D eigenvalue weighted by atomic mass is 35.5. The lowest BCUT2D eigenvalue weighted by molar-refractivity contribution is 0.0742. The lowest BCUT2D eigenvalue weighted by Gasteiger charge is -2.23. The summed E-state index contributed by atoms with van der Waals surface area (Å²) in [7, 11) is 0. The van der Waals surface area contributed by atoms with Crippen molar-refractivity contribution in [2.75, 3.05) is 6.54 Å². The van der Waals surface area contributed by atoms with Gasteiger partial charge in [0.25, 0.3) is 11.5 Å². The second-order valence-corrected chi connectivity index (χ2v) is 7.44. The Balaban J connectivity index is 1.66. The minimum Gasteiger partial charge on any atom is -0.334 e. The molecule has 0 fully saturated rings. The molecule has 0 N–H and O–H groups in total. The number of aromatic nitrogens is 2. The van der Waals surface area contributed by atoms with Crippen LogP contribution in [0, 0.1) is 0 Å². The zero-order valence-electron chi connectivity index (χ0n) is 16.2. The maximum Gasteiger partial charge on any atom is 0.270 e. The van der Waals surface area contributed by atoms with E-state index in [1.165, 1.54) is 16.8 Å². The summed E-state index contributed by atoms with van der Waals surface area (Å²) in [5.74, 6) is -0.346. The summed E-state index contributed by atoms with van der Waals surface area (Å²) >= 11 is 6.03. The van der Waals surface area contributed by atoms with Crippen LogP contribution in [0.4, 0.5) is 0 Å². The fraction of sp³-hybridized carbons (Fsp3) is 0.125. The van der Waals surface area contributed by atoms with Crippen LogP contribution in [0.3, 0.4) is 0 Å². The van der Waals surface area contributed by atoms with E-state index in [9.17, 15) is 9.59 Å². The van der Waals surface area contributed by atoms with Crippen molar-refractivity contribution in [2.45, 2.75) is 13.0 Å². The Labute approximate surface area is 179 Å². The van der Waals surface area contributed by atoms with E-state index in [0.717, 1.165) is 11.1 Å². The van der Waals surface area contributed by atoms with Crippen molar-refractivity contribution in [2.24, 2.45) is 0 Å². The summed E-state index contributed by atoms with van der Waals surface area (Å²) in [5, 5.41) is 0.404. The van der Waals surface area contributed by atoms with Crippen molar-refractivity contribution in [3.63, 3.8) is 0 Å². The third-order valence-corrected chi connectivity index (χ3v) is 5.14. The molecule has 0 aliphatic carbocycles. The van der Waals surface area contributed by atoms with Crippen molar-refractivity contribution >= 4 is 23.2 Å². The predicted octanol–water partition coefficient (Wildman–Crippen LogP) is 4.23. The maximum absolute atomic E-state index is 13.4. The van der Waals surface area contributed by atoms with E-state index in [4.69, 9.17) is 11.6 Å². The summed E-state index contributed by atoms with van der Waals surface area (Å²) < 4.78 is 1.31. The molecule has 0 unspecified atom stereocenters. The maximum atomic E-state index is 13.4. The number of pyridine rings is 1. The Kier molecular flexibility index (Phi) is 5.91. The first-order chi connectivity index (χ1) is 14.6. The monoisotopic (exact) mass is 417 g/mol. The molecule has 4 rings (SSSR count). The molecule has 0 atom stereocenters. The van der Waals surface area contributed by atoms with Gasteiger partial charge in [0.05, 0.1) is 5.02 Å². The van der Waals surface area contributed by atoms with E-state index in [1.807, 2.05) is 60.7 Å². The van der Waals surface area contributed by atoms with Gasteiger partial charge in [-0.15, -0.1) is 0 Å². The van der Waals surface area contributed by atoms with Crippen LogP contribution < -0.4 is 5.56 Å². The van der Waals surface area contributed by atoms with Gasteiger partial charge >= 0.3 is 0 Å². The second-order valence-electron chi connectivity index (χ2n) is 7.00. The first-order valence-electron chi connectivity index (χ1n) is 9.66. The summed E-state index contributed by atoms with van der Waals surface area (Å²) in [5.41, 5.74) is 2.17. The van der Waals surface area contributed by atoms with Crippen molar-refractivity contribution in [1.82, 2.24) is 14.3 Å². The number of rotatable bonds is 6. The van der Waals surface area contributed by atoms with Crippen LogP contribution in [0.5, 0.6) is 0 Å². The number of hydrogen-bond acceptors (Lipinski definition) is 3. The fourth-order valence-electron chi connectivity index (χ4n) is 3.33. The molecule has 0 aliphatic rings. The Hall–Kier alpha value is -3.44. The SMILES string of the molecule is O=C(c1cnc2ccc(Cl)cn2c1=O)N(CCc1ccccc1)Cc1ccccc1. The Morgan fingerprint density at radius 3 is 2.30 bits per heavy atom. The number of fused-ring (bicyclic) bond motifs is 1. The third kappa shape index (κ3) is 4.42. The largest absolute Gasteiger partial charge is 0.334 e. The Morgan fingerprint density at radius 1 is 0.933 bits per heavy atom. The molecule has 150 valence electrons. The molecule has 4 aromatic rings. The van der Waals surface area contributed by atoms with Gasteiger partial charge in [0, 0.05) is 25.5 Å². The number of halogens is 1. The van der Waals surface area contributed by atoms with Crippen molar-refractivity contribution in [3.05, 3.63) is 117 Å². The summed E-state index contributed by atoms with van der Waals surface area (Å²) in [6, 6.07) is 23.0. The molecule has 0 saturated heterocycles. The van der Waals surface area contributed by atoms with Gasteiger partial charge in [-0.05, 0) is 29.7 Å². The first kappa shape index (κ1) is 19.9. The molecule has 2 aromatic heterocycles. The molecule has 2 aromatic carbocycles. The highest BCUT2D eigenvalue weighted by Gasteiger charge is 2.21. The van der Waals surface area contributed by atoms with Crippen LogP contribution in [0.1, 0.15) is 21.5 Å². The smallest absolute Gasteiger partial charge is 0.270 e. The molecule has 2 heterocycles. The quantitative estimate of drug-likeness (QED) is 0.471. The minimum atomic E-state index is -0.426. The van der Waals surface area contributed by atoms with Gasteiger partial charge in [0.15, 0.2) is 0 Å². The van der Waals surface area contributed by atoms with E-state index < -0.39 is 5.56 Å². The second kappa shape index (κ2) is 8.93. The molecule has 6 heteroatoms. The number of carbonyl (C=O) groups is 1. The first-order valence-corrected chi connectivity index (χ1v) is 10.0. The molecule has 5 nitrogen and oxygen atoms in total. The number of amides is 1. The number of hydrogen-bond donors (Lipinski definition) is 0. The summed E-state index contributed by atoms with van der Waals surface area (Å²) in [6.07, 6.45) is 3.52. The van der Waals surface area contributed by atoms with E-state index in [0.29, 0.717) is 30.2 Å². The molecule has 30 heavy (non-hydrogen) atoms. The van der Waals surface area contributed by atoms with Gasteiger partial charge in [0.1, 0.15) is 11.2 Å². The Morgan fingerprint density at radius 2 is 1.60 bits per heavy atom. The number of carbonyl (C=O) groups excluding carboxylic acids is 1. The molecule has 0 bridgehead atoms. The number of nitrogens with zero attached hydrogens (tertiary/aromatic N) is 3. The van der Waals surface area contributed by atoms with Crippen LogP contribution in [0.15, 0.2) is 90.0 Å². The average Bonchev–Trinajstić information content (AvgIpc) is 2.78. The average molecular weight is 418 g/mol. The molecule has 0 spiro atoms. The van der Waals surface area contributed by atoms with Crippen LogP contribution >= 0.6 is 11.6 Å². The molecular formula is C24H20ClN3O2. The third-order valence-electron chi connectivity index (χ3n) is 4.91. The lowest BCUT2D eigenvalue weighted by atomic mass is 10.1. The van der Waals surface area contributed by atoms with Crippen LogP contribution in [-0.4, -0.2) is 26.7 Å². The molecule has 0 saturated carbocycles. The normalized spacial score (nSPS) is 10.8. The molecule has 0 aliphatic heterocycles. The van der Waals surface area contributed by atoms with E-state index >= 15 is 0 Å². The zero-order chi connectivity index (χ0) is 20.9. The van der Waals surface area contributed by atoms with Crippen molar-refractivity contribution in [1.29, 1.82) is 0 Å². The van der Waals surface area contributed by atoms with Gasteiger partial charge in [0.2, 0.25) is 0 Å². The highest BCUT2D eigenvalue weighted by molar-refractivity contribution is 6.30. The molecular weight excluding hydrogens is 398 g/mol. The number of benzene rings is 2. The summed E-state index contributed by atoms with van der Waals surface area (Å²) in [4.78, 5) is 32.3. The highest BCUT2D eigenvalue weighted by Crippen LogP contribution is 2.12. The summed E-state index contributed by atoms with van der Waals surface area (Å²) in [6.45, 7) is 0.889. The van der Waals surface area contributed by atoms with Crippen LogP contribution in [-0.2, 0) is 13.0 Å². The van der Waals surface area contributed by atoms with E-state index in [2.05, 4.69) is 4.98 Å². The van der Waals surface area contributed by atoms with E-state index in [1.54, 1.807) is 17.0 Å². The topological polar surface area (TPSA) is 54.7 Å². The van der Waals surface area contributed by atoms with Gasteiger partial charge in [-0.2, -0.15) is 0 Å². The van der Waals surface area contributed by atoms with Gasteiger partial charge in [-0.3, -0.25) is 14.0 Å². The zero-order valence-corrected chi connectivity index (χ0v) is 17.0. The standard InChI is InChI=1S/C24H20ClN3O2/c25-20-11-12-22-26-15-21(24(30)28(22)17-20)23(29)27(16-19-9-5-2-6-10-19)14-13-18-7-3-1-4-8-18/h1-12,15,17H,13-14,16H2. The van der Waals surface area contributed by atoms with Crippen LogP contribution in [0.25, 0.3) is 5.65 Å². The Bertz CT molecular complexity index is 1220. The van der Waals surface area contributed by atoms with Crippen molar-refractivity contribution in [3.8, 4) is 0 Å².